The van der Waals surface area contributed by atoms with Crippen molar-refractivity contribution in [1.82, 2.24) is 0 Å². The molecule has 0 N–H and O–H groups in total. The van der Waals surface area contributed by atoms with Crippen molar-refractivity contribution in [2.45, 2.75) is 0 Å². The molecule has 0 aliphatic carbocycles. The Labute approximate surface area is 98.4 Å². The van der Waals surface area contributed by atoms with Gasteiger partial charge in [0.1, 0.15) is 3.74 Å². The fourth-order valence-electron chi connectivity index (χ4n) is 1.03. The smallest absolute Gasteiger partial charge is 0.124 e. The highest BCUT2D eigenvalue weighted by atomic mass is 35.7. The summed E-state index contributed by atoms with van der Waals surface area (Å²) in [7, 11) is -6.41. The summed E-state index contributed by atoms with van der Waals surface area (Å²) in [5.74, 6) is 0. The third kappa shape index (κ3) is 5.50. The van der Waals surface area contributed by atoms with E-state index >= 15 is 0 Å². The van der Waals surface area contributed by atoms with E-state index in [4.69, 9.17) is 0 Å². The Balaban J connectivity index is 2.69. The Morgan fingerprint density at radius 3 is 2.19 bits per heavy atom. The average molecular weight is 265 g/mol. The van der Waals surface area contributed by atoms with Gasteiger partial charge < -0.3 is 0 Å². The molecule has 16 heavy (non-hydrogen) atoms. The van der Waals surface area contributed by atoms with Gasteiger partial charge in [-0.25, -0.2) is 0 Å². The fourth-order valence-corrected chi connectivity index (χ4v) is 3.27. The second-order valence-electron chi connectivity index (χ2n) is 3.46. The van der Waals surface area contributed by atoms with Crippen LogP contribution in [0.15, 0.2) is 35.7 Å². The number of benzene rings is 1. The molecular formula is C10H13ClO4S. The number of hydrogen-bond donors (Lipinski definition) is 0. The molecule has 1 aromatic carbocycles. The summed E-state index contributed by atoms with van der Waals surface area (Å²) in [6.07, 6.45) is 4.89. The summed E-state index contributed by atoms with van der Waals surface area (Å²) in [5, 5.41) is 1.60. The second-order valence-corrected chi connectivity index (χ2v) is 7.61. The van der Waals surface area contributed by atoms with E-state index in [0.717, 1.165) is 5.56 Å². The van der Waals surface area contributed by atoms with Crippen LogP contribution in [0.2, 0.25) is 0 Å². The molecule has 0 saturated carbocycles. The van der Waals surface area contributed by atoms with Crippen molar-refractivity contribution < 1.29 is 28.0 Å². The monoisotopic (exact) mass is 264 g/mol. The lowest BCUT2D eigenvalue weighted by Gasteiger charge is -2.23. The predicted molar refractivity (Wildman–Crippen MR) is 56.0 cm³/mol. The third-order valence-corrected chi connectivity index (χ3v) is 4.33. The van der Waals surface area contributed by atoms with Crippen LogP contribution < -0.4 is 14.0 Å². The summed E-state index contributed by atoms with van der Waals surface area (Å²) < 4.78 is 35.8. The summed E-state index contributed by atoms with van der Waals surface area (Å²) >= 11 is 0. The minimum atomic E-state index is -4.38. The molecule has 0 aliphatic heterocycles. The van der Waals surface area contributed by atoms with Gasteiger partial charge in [-0.3, -0.25) is 0 Å². The first kappa shape index (κ1) is 13.5. The predicted octanol–water partition coefficient (Wildman–Crippen LogP) is -0.450. The summed E-state index contributed by atoms with van der Waals surface area (Å²) in [6.45, 7) is 0. The minimum absolute atomic E-state index is 0.923. The molecule has 0 aromatic heterocycles. The van der Waals surface area contributed by atoms with E-state index in [2.05, 4.69) is 3.74 Å². The lowest BCUT2D eigenvalue weighted by molar-refractivity contribution is -1.91. The maximum Gasteiger partial charge on any atom is 0.124 e. The molecule has 1 aromatic rings. The zero-order chi connectivity index (χ0) is 12.2. The topological polar surface area (TPSA) is 78.4 Å². The highest BCUT2D eigenvalue weighted by Crippen LogP contribution is 2.45. The Morgan fingerprint density at radius 1 is 1.12 bits per heavy atom. The van der Waals surface area contributed by atoms with E-state index in [1.54, 1.807) is 24.0 Å². The van der Waals surface area contributed by atoms with E-state index < -0.39 is 20.6 Å². The first-order valence-corrected chi connectivity index (χ1v) is 8.04. The van der Waals surface area contributed by atoms with Crippen molar-refractivity contribution in [2.24, 2.45) is 0 Å². The largest absolute Gasteiger partial charge is 0.182 e. The van der Waals surface area contributed by atoms with Crippen molar-refractivity contribution in [3.05, 3.63) is 41.3 Å². The van der Waals surface area contributed by atoms with Crippen LogP contribution in [0.3, 0.4) is 0 Å². The van der Waals surface area contributed by atoms with Crippen LogP contribution in [0.5, 0.6) is 0 Å². The SMILES string of the molecule is CS(C)(/C=C/c1ccccc1)O[Cl+3]([O-])([O-])[O-]. The van der Waals surface area contributed by atoms with Gasteiger partial charge >= 0.3 is 0 Å². The van der Waals surface area contributed by atoms with E-state index in [1.807, 2.05) is 30.3 Å². The van der Waals surface area contributed by atoms with Gasteiger partial charge in [0, 0.05) is 22.8 Å². The zero-order valence-corrected chi connectivity index (χ0v) is 10.5. The summed E-state index contributed by atoms with van der Waals surface area (Å²) in [5.41, 5.74) is 0.923. The third-order valence-electron chi connectivity index (χ3n) is 1.63. The van der Waals surface area contributed by atoms with Crippen molar-refractivity contribution in [2.75, 3.05) is 12.5 Å². The molecule has 6 heteroatoms. The van der Waals surface area contributed by atoms with Gasteiger partial charge in [-0.15, -0.1) is 0 Å². The maximum atomic E-state index is 10.4. The molecule has 0 saturated heterocycles. The first-order chi connectivity index (χ1) is 7.29. The van der Waals surface area contributed by atoms with Crippen LogP contribution in [-0.2, 0) is 3.74 Å². The van der Waals surface area contributed by atoms with Gasteiger partial charge in [0.2, 0.25) is 0 Å². The van der Waals surface area contributed by atoms with Crippen LogP contribution in [0.1, 0.15) is 5.56 Å². The normalized spacial score (nSPS) is 14.3. The second kappa shape index (κ2) is 5.18. The molecule has 1 rings (SSSR count). The molecule has 0 spiro atoms. The zero-order valence-electron chi connectivity index (χ0n) is 8.96. The molecule has 0 unspecified atom stereocenters. The van der Waals surface area contributed by atoms with Gasteiger partial charge in [-0.1, -0.05) is 30.3 Å². The van der Waals surface area contributed by atoms with E-state index in [9.17, 15) is 14.0 Å². The molecule has 0 fully saturated rings. The molecular weight excluding hydrogens is 252 g/mol. The quantitative estimate of drug-likeness (QED) is 0.738. The van der Waals surface area contributed by atoms with Crippen LogP contribution in [0.25, 0.3) is 6.08 Å². The van der Waals surface area contributed by atoms with Crippen LogP contribution in [-0.4, -0.2) is 12.5 Å². The van der Waals surface area contributed by atoms with Gasteiger partial charge in [0.05, 0.1) is 10.2 Å². The van der Waals surface area contributed by atoms with Crippen LogP contribution >= 0.6 is 10.3 Å². The Bertz CT molecular complexity index is 359. The molecule has 90 valence electrons. The lowest BCUT2D eigenvalue weighted by Crippen LogP contribution is -2.60. The average Bonchev–Trinajstić information content (AvgIpc) is 2.13. The molecule has 4 nitrogen and oxygen atoms in total. The molecule has 0 bridgehead atoms. The van der Waals surface area contributed by atoms with Crippen LogP contribution in [0, 0.1) is 10.2 Å². The van der Waals surface area contributed by atoms with Gasteiger partial charge in [-0.05, 0) is 17.0 Å². The molecule has 0 radical (unpaired) electrons. The number of rotatable bonds is 4. The standard InChI is InChI=1S/C10H13ClO4S/c1-16(2,15-11(12,13)14)9-8-10-6-4-3-5-7-10/h3-9H,1-2H3/b9-8+. The van der Waals surface area contributed by atoms with Crippen LogP contribution in [0.4, 0.5) is 0 Å². The van der Waals surface area contributed by atoms with Crippen molar-refractivity contribution in [3.8, 4) is 0 Å². The summed E-state index contributed by atoms with van der Waals surface area (Å²) in [6, 6.07) is 9.36. The number of halogens is 1. The van der Waals surface area contributed by atoms with Gasteiger partial charge in [0.15, 0.2) is 0 Å². The van der Waals surface area contributed by atoms with Gasteiger partial charge in [0.25, 0.3) is 0 Å². The summed E-state index contributed by atoms with van der Waals surface area (Å²) in [4.78, 5) is 0. The highest BCUT2D eigenvalue weighted by Gasteiger charge is 2.29. The molecule has 0 heterocycles. The fraction of sp³-hybridized carbons (Fsp3) is 0.200. The van der Waals surface area contributed by atoms with E-state index in [0.29, 0.717) is 0 Å². The first-order valence-electron chi connectivity index (χ1n) is 4.37. The van der Waals surface area contributed by atoms with E-state index in [-0.39, 0.29) is 0 Å². The van der Waals surface area contributed by atoms with Crippen molar-refractivity contribution in [3.63, 3.8) is 0 Å². The minimum Gasteiger partial charge on any atom is -0.182 e. The molecule has 0 atom stereocenters. The van der Waals surface area contributed by atoms with E-state index in [1.165, 1.54) is 0 Å². The van der Waals surface area contributed by atoms with Gasteiger partial charge in [-0.2, -0.15) is 14.0 Å². The number of hydrogen-bond acceptors (Lipinski definition) is 4. The molecule has 0 aliphatic rings. The highest BCUT2D eigenvalue weighted by molar-refractivity contribution is 8.31. The Morgan fingerprint density at radius 2 is 1.69 bits per heavy atom. The molecule has 0 amide bonds. The van der Waals surface area contributed by atoms with Crippen molar-refractivity contribution >= 4 is 16.4 Å². The Kier molecular flexibility index (Phi) is 4.37. The Hall–Kier alpha value is -0.560. The van der Waals surface area contributed by atoms with Crippen molar-refractivity contribution in [1.29, 1.82) is 0 Å². The maximum absolute atomic E-state index is 10.4. The lowest BCUT2D eigenvalue weighted by atomic mass is 10.2.